The van der Waals surface area contributed by atoms with Gasteiger partial charge < -0.3 is 10.0 Å². The van der Waals surface area contributed by atoms with Crippen molar-refractivity contribution in [2.45, 2.75) is 37.2 Å². The number of rotatable bonds is 3. The van der Waals surface area contributed by atoms with Crippen molar-refractivity contribution in [3.8, 4) is 0 Å². The summed E-state index contributed by atoms with van der Waals surface area (Å²) < 4.78 is 24.2. The van der Waals surface area contributed by atoms with Crippen LogP contribution in [0.4, 0.5) is 0 Å². The molecule has 1 aliphatic heterocycles. The lowest BCUT2D eigenvalue weighted by Gasteiger charge is -2.37. The van der Waals surface area contributed by atoms with Crippen LogP contribution in [0.15, 0.2) is 29.2 Å². The molecular formula is C15H21NO4S. The van der Waals surface area contributed by atoms with Gasteiger partial charge in [-0.05, 0) is 31.9 Å². The van der Waals surface area contributed by atoms with Crippen LogP contribution in [0.3, 0.4) is 0 Å². The van der Waals surface area contributed by atoms with E-state index in [1.165, 1.54) is 17.0 Å². The summed E-state index contributed by atoms with van der Waals surface area (Å²) in [5.74, 6) is -0.378. The van der Waals surface area contributed by atoms with Crippen LogP contribution >= 0.6 is 0 Å². The Balaban J connectivity index is 2.36. The van der Waals surface area contributed by atoms with E-state index >= 15 is 0 Å². The number of aliphatic hydroxyl groups is 1. The van der Waals surface area contributed by atoms with E-state index in [0.717, 1.165) is 0 Å². The third-order valence-electron chi connectivity index (χ3n) is 3.79. The molecule has 1 fully saturated rings. The molecule has 0 spiro atoms. The summed E-state index contributed by atoms with van der Waals surface area (Å²) in [6.07, 6.45) is 1.35. The quantitative estimate of drug-likeness (QED) is 0.917. The lowest BCUT2D eigenvalue weighted by Crippen LogP contribution is -2.48. The molecular weight excluding hydrogens is 290 g/mol. The molecule has 2 rings (SSSR count). The maximum absolute atomic E-state index is 12.6. The van der Waals surface area contributed by atoms with Gasteiger partial charge in [-0.2, -0.15) is 0 Å². The highest BCUT2D eigenvalue weighted by atomic mass is 32.2. The summed E-state index contributed by atoms with van der Waals surface area (Å²) >= 11 is 0. The Bertz CT molecular complexity index is 637. The van der Waals surface area contributed by atoms with Crippen LogP contribution < -0.4 is 0 Å². The molecule has 0 saturated carbocycles. The average Bonchev–Trinajstić information content (AvgIpc) is 2.45. The summed E-state index contributed by atoms with van der Waals surface area (Å²) in [5, 5.41) is 10.1. The molecule has 116 valence electrons. The molecule has 21 heavy (non-hydrogen) atoms. The van der Waals surface area contributed by atoms with E-state index in [4.69, 9.17) is 0 Å². The van der Waals surface area contributed by atoms with Gasteiger partial charge in [0.05, 0.1) is 21.8 Å². The van der Waals surface area contributed by atoms with Crippen molar-refractivity contribution in [2.24, 2.45) is 0 Å². The second kappa shape index (κ2) is 5.77. The summed E-state index contributed by atoms with van der Waals surface area (Å²) in [4.78, 5) is 14.2. The number of carbonyl (C=O) groups excluding carboxylic acids is 1. The molecule has 0 aromatic heterocycles. The summed E-state index contributed by atoms with van der Waals surface area (Å²) in [6, 6.07) is 6.28. The molecule has 0 radical (unpaired) electrons. The van der Waals surface area contributed by atoms with E-state index < -0.39 is 15.4 Å². The third-order valence-corrected chi connectivity index (χ3v) is 5.58. The largest absolute Gasteiger partial charge is 0.388 e. The number of amides is 1. The molecule has 0 aliphatic carbocycles. The second-order valence-corrected chi connectivity index (χ2v) is 7.97. The van der Waals surface area contributed by atoms with Gasteiger partial charge in [-0.25, -0.2) is 8.42 Å². The molecule has 5 nitrogen and oxygen atoms in total. The van der Waals surface area contributed by atoms with Gasteiger partial charge in [0, 0.05) is 13.1 Å². The highest BCUT2D eigenvalue weighted by Crippen LogP contribution is 2.24. The van der Waals surface area contributed by atoms with Crippen molar-refractivity contribution < 1.29 is 18.3 Å². The van der Waals surface area contributed by atoms with Crippen molar-refractivity contribution in [1.29, 1.82) is 0 Å². The zero-order valence-electron chi connectivity index (χ0n) is 12.4. The molecule has 1 atom stereocenters. The van der Waals surface area contributed by atoms with E-state index in [-0.39, 0.29) is 28.7 Å². The minimum atomic E-state index is -3.45. The average molecular weight is 311 g/mol. The number of piperidine rings is 1. The number of benzene rings is 1. The van der Waals surface area contributed by atoms with Crippen LogP contribution in [-0.4, -0.2) is 48.8 Å². The van der Waals surface area contributed by atoms with Gasteiger partial charge in [-0.15, -0.1) is 0 Å². The summed E-state index contributed by atoms with van der Waals surface area (Å²) in [5.41, 5.74) is -0.719. The lowest BCUT2D eigenvalue weighted by molar-refractivity contribution is -0.0108. The minimum Gasteiger partial charge on any atom is -0.388 e. The molecule has 6 heteroatoms. The third kappa shape index (κ3) is 3.44. The standard InChI is InChI=1S/C15H21NO4S/c1-3-21(19,20)13-8-5-4-7-12(13)14(17)16-10-6-9-15(2,18)11-16/h4-5,7-8,18H,3,6,9-11H2,1-2H3. The smallest absolute Gasteiger partial charge is 0.255 e. The molecule has 1 N–H and O–H groups in total. The van der Waals surface area contributed by atoms with E-state index in [1.807, 2.05) is 0 Å². The van der Waals surface area contributed by atoms with Gasteiger partial charge in [-0.1, -0.05) is 19.1 Å². The van der Waals surface area contributed by atoms with E-state index in [0.29, 0.717) is 19.4 Å². The number of likely N-dealkylation sites (tertiary alicyclic amines) is 1. The highest BCUT2D eigenvalue weighted by molar-refractivity contribution is 7.91. The van der Waals surface area contributed by atoms with E-state index in [1.54, 1.807) is 26.0 Å². The Kier molecular flexibility index (Phi) is 4.39. The lowest BCUT2D eigenvalue weighted by atomic mass is 9.94. The fourth-order valence-corrected chi connectivity index (χ4v) is 3.72. The van der Waals surface area contributed by atoms with Crippen molar-refractivity contribution in [2.75, 3.05) is 18.8 Å². The number of β-amino-alcohol motifs (C(OH)–C–C–N with tert-alkyl or cyclic N) is 1. The maximum Gasteiger partial charge on any atom is 0.255 e. The van der Waals surface area contributed by atoms with E-state index in [9.17, 15) is 18.3 Å². The molecule has 1 amide bonds. The number of nitrogens with zero attached hydrogens (tertiary/aromatic N) is 1. The molecule has 1 aromatic carbocycles. The fourth-order valence-electron chi connectivity index (χ4n) is 2.63. The molecule has 1 aliphatic rings. The zero-order chi connectivity index (χ0) is 15.7. The first-order chi connectivity index (χ1) is 9.77. The molecule has 0 bridgehead atoms. The normalized spacial score (nSPS) is 23.1. The van der Waals surface area contributed by atoms with Gasteiger partial charge >= 0.3 is 0 Å². The molecule has 1 aromatic rings. The van der Waals surface area contributed by atoms with Gasteiger partial charge in [0.2, 0.25) is 0 Å². The van der Waals surface area contributed by atoms with E-state index in [2.05, 4.69) is 0 Å². The predicted molar refractivity (Wildman–Crippen MR) is 79.9 cm³/mol. The number of sulfone groups is 1. The van der Waals surface area contributed by atoms with Crippen LogP contribution in [0.1, 0.15) is 37.0 Å². The Morgan fingerprint density at radius 2 is 2.05 bits per heavy atom. The maximum atomic E-state index is 12.6. The molecule has 1 saturated heterocycles. The number of carbonyl (C=O) groups is 1. The first kappa shape index (κ1) is 16.0. The Morgan fingerprint density at radius 1 is 1.38 bits per heavy atom. The van der Waals surface area contributed by atoms with Crippen molar-refractivity contribution in [3.63, 3.8) is 0 Å². The fraction of sp³-hybridized carbons (Fsp3) is 0.533. The van der Waals surface area contributed by atoms with Gasteiger partial charge in [0.25, 0.3) is 5.91 Å². The van der Waals surface area contributed by atoms with Crippen LogP contribution in [0.5, 0.6) is 0 Å². The highest BCUT2D eigenvalue weighted by Gasteiger charge is 2.33. The van der Waals surface area contributed by atoms with Crippen LogP contribution in [-0.2, 0) is 9.84 Å². The Hall–Kier alpha value is -1.40. The predicted octanol–water partition coefficient (Wildman–Crippen LogP) is 1.47. The first-order valence-electron chi connectivity index (χ1n) is 7.10. The van der Waals surface area contributed by atoms with Crippen molar-refractivity contribution in [3.05, 3.63) is 29.8 Å². The van der Waals surface area contributed by atoms with Crippen molar-refractivity contribution in [1.82, 2.24) is 4.90 Å². The van der Waals surface area contributed by atoms with Crippen LogP contribution in [0.2, 0.25) is 0 Å². The minimum absolute atomic E-state index is 0.0466. The Labute approximate surface area is 125 Å². The SMILES string of the molecule is CCS(=O)(=O)c1ccccc1C(=O)N1CCCC(C)(O)C1. The Morgan fingerprint density at radius 3 is 2.67 bits per heavy atom. The molecule has 1 heterocycles. The zero-order valence-corrected chi connectivity index (χ0v) is 13.2. The monoisotopic (exact) mass is 311 g/mol. The summed E-state index contributed by atoms with van der Waals surface area (Å²) in [7, 11) is -3.45. The number of hydrogen-bond donors (Lipinski definition) is 1. The van der Waals surface area contributed by atoms with Gasteiger partial charge in [0.15, 0.2) is 9.84 Å². The first-order valence-corrected chi connectivity index (χ1v) is 8.75. The summed E-state index contributed by atoms with van der Waals surface area (Å²) in [6.45, 7) is 4.02. The van der Waals surface area contributed by atoms with Crippen molar-refractivity contribution >= 4 is 15.7 Å². The van der Waals surface area contributed by atoms with Gasteiger partial charge in [0.1, 0.15) is 0 Å². The van der Waals surface area contributed by atoms with Gasteiger partial charge in [-0.3, -0.25) is 4.79 Å². The second-order valence-electron chi connectivity index (χ2n) is 5.73. The topological polar surface area (TPSA) is 74.7 Å². The number of hydrogen-bond acceptors (Lipinski definition) is 4. The van der Waals surface area contributed by atoms with Crippen LogP contribution in [0, 0.1) is 0 Å². The van der Waals surface area contributed by atoms with Crippen LogP contribution in [0.25, 0.3) is 0 Å². The molecule has 1 unspecified atom stereocenters.